The molecule has 0 aliphatic rings. The van der Waals surface area contributed by atoms with Gasteiger partial charge in [-0.1, -0.05) is 13.8 Å². The quantitative estimate of drug-likeness (QED) is 0.597. The Hall–Kier alpha value is -1.17. The van der Waals surface area contributed by atoms with Crippen LogP contribution in [0.1, 0.15) is 37.1 Å². The molecule has 0 unspecified atom stereocenters. The number of aromatic hydroxyl groups is 1. The van der Waals surface area contributed by atoms with Gasteiger partial charge < -0.3 is 20.4 Å². The summed E-state index contributed by atoms with van der Waals surface area (Å²) in [6.07, 6.45) is 2.70. The Bertz CT molecular complexity index is 406. The van der Waals surface area contributed by atoms with Crippen molar-refractivity contribution in [2.45, 2.75) is 40.3 Å². The molecule has 1 aromatic heterocycles. The third kappa shape index (κ3) is 4.74. The van der Waals surface area contributed by atoms with Crippen LogP contribution in [-0.4, -0.2) is 46.3 Å². The molecule has 0 saturated heterocycles. The molecule has 0 saturated carbocycles. The molecule has 0 atom stereocenters. The van der Waals surface area contributed by atoms with Gasteiger partial charge in [0.1, 0.15) is 5.75 Å². The summed E-state index contributed by atoms with van der Waals surface area (Å²) >= 11 is 0. The lowest BCUT2D eigenvalue weighted by atomic mass is 10.1. The molecule has 5 nitrogen and oxygen atoms in total. The molecule has 0 aromatic carbocycles. The zero-order valence-electron chi connectivity index (χ0n) is 12.8. The highest BCUT2D eigenvalue weighted by atomic mass is 16.3. The first kappa shape index (κ1) is 16.9. The first-order chi connectivity index (χ1) is 9.63. The second-order valence-corrected chi connectivity index (χ2v) is 4.91. The molecule has 0 aliphatic heterocycles. The Morgan fingerprint density at radius 2 is 2.00 bits per heavy atom. The summed E-state index contributed by atoms with van der Waals surface area (Å²) in [5.41, 5.74) is 2.04. The molecule has 0 radical (unpaired) electrons. The normalized spacial score (nSPS) is 11.2. The summed E-state index contributed by atoms with van der Waals surface area (Å²) in [7, 11) is 0. The van der Waals surface area contributed by atoms with E-state index in [-0.39, 0.29) is 12.4 Å². The van der Waals surface area contributed by atoms with Crippen molar-refractivity contribution in [3.63, 3.8) is 0 Å². The van der Waals surface area contributed by atoms with Crippen molar-refractivity contribution >= 4 is 0 Å². The van der Waals surface area contributed by atoms with E-state index < -0.39 is 0 Å². The fourth-order valence-corrected chi connectivity index (χ4v) is 2.20. The Morgan fingerprint density at radius 1 is 1.30 bits per heavy atom. The monoisotopic (exact) mass is 281 g/mol. The zero-order chi connectivity index (χ0) is 15.0. The van der Waals surface area contributed by atoms with E-state index in [9.17, 15) is 10.2 Å². The Kier molecular flexibility index (Phi) is 7.51. The van der Waals surface area contributed by atoms with Crippen molar-refractivity contribution < 1.29 is 10.2 Å². The van der Waals surface area contributed by atoms with Crippen LogP contribution in [0.5, 0.6) is 5.75 Å². The summed E-state index contributed by atoms with van der Waals surface area (Å²) in [4.78, 5) is 6.44. The molecule has 0 bridgehead atoms. The predicted octanol–water partition coefficient (Wildman–Crippen LogP) is 1.41. The SMILES string of the molecule is CCN(CC)CCCNCc1c(CO)cnc(C)c1O. The minimum absolute atomic E-state index is 0.0999. The van der Waals surface area contributed by atoms with Crippen LogP contribution in [0.4, 0.5) is 0 Å². The molecule has 1 aromatic rings. The lowest BCUT2D eigenvalue weighted by molar-refractivity contribution is 0.278. The highest BCUT2D eigenvalue weighted by Crippen LogP contribution is 2.23. The second kappa shape index (κ2) is 8.89. The van der Waals surface area contributed by atoms with Crippen molar-refractivity contribution in [1.82, 2.24) is 15.2 Å². The lowest BCUT2D eigenvalue weighted by Gasteiger charge is -2.18. The average Bonchev–Trinajstić information content (AvgIpc) is 2.47. The first-order valence-corrected chi connectivity index (χ1v) is 7.34. The number of aliphatic hydroxyl groups is 1. The van der Waals surface area contributed by atoms with Crippen LogP contribution in [0.15, 0.2) is 6.20 Å². The largest absolute Gasteiger partial charge is 0.506 e. The van der Waals surface area contributed by atoms with E-state index in [0.29, 0.717) is 17.8 Å². The Balaban J connectivity index is 2.44. The number of aryl methyl sites for hydroxylation is 1. The maximum Gasteiger partial charge on any atom is 0.141 e. The van der Waals surface area contributed by atoms with E-state index in [1.165, 1.54) is 0 Å². The molecule has 114 valence electrons. The maximum atomic E-state index is 10.0. The van der Waals surface area contributed by atoms with Crippen LogP contribution in [0.3, 0.4) is 0 Å². The number of rotatable bonds is 9. The Morgan fingerprint density at radius 3 is 2.60 bits per heavy atom. The van der Waals surface area contributed by atoms with Crippen LogP contribution >= 0.6 is 0 Å². The van der Waals surface area contributed by atoms with Crippen LogP contribution in [0, 0.1) is 6.92 Å². The van der Waals surface area contributed by atoms with Crippen molar-refractivity contribution in [3.8, 4) is 5.75 Å². The summed E-state index contributed by atoms with van der Waals surface area (Å²) < 4.78 is 0. The number of aliphatic hydroxyl groups excluding tert-OH is 1. The van der Waals surface area contributed by atoms with E-state index in [1.54, 1.807) is 13.1 Å². The van der Waals surface area contributed by atoms with Crippen molar-refractivity contribution in [2.24, 2.45) is 0 Å². The Labute approximate surface area is 121 Å². The van der Waals surface area contributed by atoms with Gasteiger partial charge in [0.25, 0.3) is 0 Å². The van der Waals surface area contributed by atoms with E-state index in [0.717, 1.165) is 38.2 Å². The smallest absolute Gasteiger partial charge is 0.141 e. The van der Waals surface area contributed by atoms with Crippen LogP contribution < -0.4 is 5.32 Å². The summed E-state index contributed by atoms with van der Waals surface area (Å²) in [6, 6.07) is 0. The highest BCUT2D eigenvalue weighted by molar-refractivity contribution is 5.40. The number of nitrogens with zero attached hydrogens (tertiary/aromatic N) is 2. The number of aromatic nitrogens is 1. The second-order valence-electron chi connectivity index (χ2n) is 4.91. The van der Waals surface area contributed by atoms with Crippen molar-refractivity contribution in [2.75, 3.05) is 26.2 Å². The standard InChI is InChI=1S/C15H27N3O2/c1-4-18(5-2)8-6-7-16-10-14-13(11-19)9-17-12(3)15(14)20/h9,16,19-20H,4-8,10-11H2,1-3H3. The number of nitrogens with one attached hydrogen (secondary N) is 1. The van der Waals surface area contributed by atoms with Crippen molar-refractivity contribution in [1.29, 1.82) is 0 Å². The maximum absolute atomic E-state index is 10.0. The van der Waals surface area contributed by atoms with Crippen LogP contribution in [0.25, 0.3) is 0 Å². The predicted molar refractivity (Wildman–Crippen MR) is 80.7 cm³/mol. The van der Waals surface area contributed by atoms with Gasteiger partial charge in [0.15, 0.2) is 0 Å². The molecular weight excluding hydrogens is 254 g/mol. The number of pyridine rings is 1. The molecule has 1 rings (SSSR count). The summed E-state index contributed by atoms with van der Waals surface area (Å²) in [5.74, 6) is 0.188. The van der Waals surface area contributed by atoms with Gasteiger partial charge in [0.05, 0.1) is 12.3 Å². The average molecular weight is 281 g/mol. The first-order valence-electron chi connectivity index (χ1n) is 7.34. The lowest BCUT2D eigenvalue weighted by Crippen LogP contribution is -2.27. The van der Waals surface area contributed by atoms with Crippen LogP contribution in [-0.2, 0) is 13.2 Å². The molecule has 20 heavy (non-hydrogen) atoms. The van der Waals surface area contributed by atoms with Gasteiger partial charge in [0.2, 0.25) is 0 Å². The van der Waals surface area contributed by atoms with Gasteiger partial charge in [-0.15, -0.1) is 0 Å². The zero-order valence-corrected chi connectivity index (χ0v) is 12.8. The van der Waals surface area contributed by atoms with Crippen molar-refractivity contribution in [3.05, 3.63) is 23.0 Å². The fourth-order valence-electron chi connectivity index (χ4n) is 2.20. The third-order valence-corrected chi connectivity index (χ3v) is 3.62. The number of hydrogen-bond donors (Lipinski definition) is 3. The molecule has 0 fully saturated rings. The molecule has 0 aliphatic carbocycles. The summed E-state index contributed by atoms with van der Waals surface area (Å²) in [5, 5.41) is 22.6. The van der Waals surface area contributed by atoms with Crippen LogP contribution in [0.2, 0.25) is 0 Å². The molecule has 3 N–H and O–H groups in total. The van der Waals surface area contributed by atoms with Gasteiger partial charge in [-0.3, -0.25) is 4.98 Å². The van der Waals surface area contributed by atoms with Gasteiger partial charge in [0, 0.05) is 23.9 Å². The highest BCUT2D eigenvalue weighted by Gasteiger charge is 2.10. The van der Waals surface area contributed by atoms with Gasteiger partial charge in [-0.05, 0) is 39.5 Å². The minimum atomic E-state index is -0.0999. The molecule has 1 heterocycles. The van der Waals surface area contributed by atoms with E-state index in [2.05, 4.69) is 29.0 Å². The molecular formula is C15H27N3O2. The van der Waals surface area contributed by atoms with E-state index in [1.807, 2.05) is 0 Å². The van der Waals surface area contributed by atoms with Gasteiger partial charge in [-0.25, -0.2) is 0 Å². The molecule has 0 amide bonds. The van der Waals surface area contributed by atoms with Gasteiger partial charge in [-0.2, -0.15) is 0 Å². The molecule has 5 heteroatoms. The van der Waals surface area contributed by atoms with E-state index in [4.69, 9.17) is 0 Å². The summed E-state index contributed by atoms with van der Waals surface area (Å²) in [6.45, 7) is 10.7. The minimum Gasteiger partial charge on any atom is -0.506 e. The van der Waals surface area contributed by atoms with Gasteiger partial charge >= 0.3 is 0 Å². The number of hydrogen-bond acceptors (Lipinski definition) is 5. The molecule has 0 spiro atoms. The fraction of sp³-hybridized carbons (Fsp3) is 0.667. The van der Waals surface area contributed by atoms with E-state index >= 15 is 0 Å². The topological polar surface area (TPSA) is 68.6 Å². The third-order valence-electron chi connectivity index (χ3n) is 3.62.